The molecule has 0 fully saturated rings. The number of aliphatic hydroxyl groups excluding tert-OH is 1. The molecule has 0 radical (unpaired) electrons. The number of fused-ring (bicyclic) bond motifs is 1. The van der Waals surface area contributed by atoms with E-state index in [-0.39, 0.29) is 6.61 Å². The summed E-state index contributed by atoms with van der Waals surface area (Å²) in [6, 6.07) is 3.61. The summed E-state index contributed by atoms with van der Waals surface area (Å²) in [6.45, 7) is 0.0150. The second kappa shape index (κ2) is 2.32. The Morgan fingerprint density at radius 3 is 3.18 bits per heavy atom. The maximum atomic E-state index is 8.76. The second-order valence-electron chi connectivity index (χ2n) is 2.29. The molecule has 0 aliphatic carbocycles. The van der Waals surface area contributed by atoms with E-state index < -0.39 is 0 Å². The van der Waals surface area contributed by atoms with E-state index in [1.807, 2.05) is 6.07 Å². The molecule has 0 unspecified atom stereocenters. The van der Waals surface area contributed by atoms with Crippen LogP contribution in [0.5, 0.6) is 0 Å². The Hall–Kier alpha value is -1.42. The van der Waals surface area contributed by atoms with Crippen LogP contribution >= 0.6 is 0 Å². The molecule has 11 heavy (non-hydrogen) atoms. The quantitative estimate of drug-likeness (QED) is 0.617. The zero-order valence-electron chi connectivity index (χ0n) is 5.78. The third kappa shape index (κ3) is 0.969. The van der Waals surface area contributed by atoms with E-state index in [9.17, 15) is 0 Å². The second-order valence-corrected chi connectivity index (χ2v) is 2.29. The molecule has 2 heterocycles. The number of hydrogen-bond acceptors (Lipinski definition) is 3. The number of aliphatic hydroxyl groups is 1. The van der Waals surface area contributed by atoms with E-state index >= 15 is 0 Å². The van der Waals surface area contributed by atoms with Crippen molar-refractivity contribution in [2.75, 3.05) is 0 Å². The molecule has 2 aliphatic rings. The van der Waals surface area contributed by atoms with Gasteiger partial charge in [-0.25, -0.2) is 0 Å². The third-order valence-corrected chi connectivity index (χ3v) is 1.54. The normalized spacial score (nSPS) is 10.6. The summed E-state index contributed by atoms with van der Waals surface area (Å²) in [5.41, 5.74) is 2.45. The summed E-state index contributed by atoms with van der Waals surface area (Å²) >= 11 is 0. The molecule has 0 saturated heterocycles. The van der Waals surface area contributed by atoms with Gasteiger partial charge in [0.25, 0.3) is 0 Å². The molecule has 0 atom stereocenters. The first kappa shape index (κ1) is 6.30. The standard InChI is InChI=1S/C7H7N3O/c11-4-5-1-2-6-7(9-5)3-8-10-6/h1-3,9,11H,4H2. The van der Waals surface area contributed by atoms with Gasteiger partial charge in [0, 0.05) is 5.69 Å². The van der Waals surface area contributed by atoms with Crippen LogP contribution in [0.3, 0.4) is 0 Å². The Labute approximate surface area is 63.2 Å². The molecule has 4 heteroatoms. The highest BCUT2D eigenvalue weighted by atomic mass is 16.3. The minimum Gasteiger partial charge on any atom is -0.390 e. The van der Waals surface area contributed by atoms with Crippen LogP contribution in [-0.2, 0) is 6.61 Å². The lowest BCUT2D eigenvalue weighted by atomic mass is 10.2. The highest BCUT2D eigenvalue weighted by Crippen LogP contribution is 2.14. The zero-order valence-corrected chi connectivity index (χ0v) is 5.78. The molecular weight excluding hydrogens is 142 g/mol. The minimum absolute atomic E-state index is 0.0150. The lowest BCUT2D eigenvalue weighted by Crippen LogP contribution is -1.90. The maximum Gasteiger partial charge on any atom is 0.111 e. The highest BCUT2D eigenvalue weighted by molar-refractivity contribution is 5.53. The number of pyridine rings is 1. The Balaban J connectivity index is 2.59. The third-order valence-electron chi connectivity index (χ3n) is 1.54. The van der Waals surface area contributed by atoms with Gasteiger partial charge < -0.3 is 10.1 Å². The van der Waals surface area contributed by atoms with Crippen LogP contribution in [-0.4, -0.2) is 20.3 Å². The van der Waals surface area contributed by atoms with Gasteiger partial charge in [-0.1, -0.05) is 0 Å². The van der Waals surface area contributed by atoms with Crippen LogP contribution in [0.2, 0.25) is 0 Å². The molecule has 2 N–H and O–H groups in total. The first-order valence-corrected chi connectivity index (χ1v) is 3.30. The Morgan fingerprint density at radius 1 is 1.45 bits per heavy atom. The fraction of sp³-hybridized carbons (Fsp3) is 0.143. The summed E-state index contributed by atoms with van der Waals surface area (Å²) in [4.78, 5) is 2.98. The van der Waals surface area contributed by atoms with Crippen molar-refractivity contribution in [1.82, 2.24) is 15.2 Å². The molecule has 2 aliphatic heterocycles. The number of rotatable bonds is 1. The average Bonchev–Trinajstić information content (AvgIpc) is 2.50. The van der Waals surface area contributed by atoms with Gasteiger partial charge in [0.1, 0.15) is 5.69 Å². The maximum absolute atomic E-state index is 8.76. The summed E-state index contributed by atoms with van der Waals surface area (Å²) in [5, 5.41) is 16.3. The Morgan fingerprint density at radius 2 is 2.36 bits per heavy atom. The van der Waals surface area contributed by atoms with E-state index in [4.69, 9.17) is 5.11 Å². The lowest BCUT2D eigenvalue weighted by Gasteiger charge is -1.99. The van der Waals surface area contributed by atoms with E-state index in [0.717, 1.165) is 17.1 Å². The van der Waals surface area contributed by atoms with Crippen molar-refractivity contribution in [3.63, 3.8) is 0 Å². The van der Waals surface area contributed by atoms with Gasteiger partial charge in [0.05, 0.1) is 18.5 Å². The van der Waals surface area contributed by atoms with Crippen LogP contribution in [0.15, 0.2) is 18.3 Å². The molecule has 56 valence electrons. The number of hydrogen-bond donors (Lipinski definition) is 2. The minimum atomic E-state index is 0.0150. The van der Waals surface area contributed by atoms with Crippen molar-refractivity contribution in [3.05, 3.63) is 24.0 Å². The zero-order chi connectivity index (χ0) is 7.68. The van der Waals surface area contributed by atoms with Gasteiger partial charge in [-0.05, 0) is 12.1 Å². The van der Waals surface area contributed by atoms with Crippen molar-refractivity contribution < 1.29 is 5.11 Å². The SMILES string of the molecule is OCc1ccc2nncc-2[nH]1. The predicted octanol–water partition coefficient (Wildman–Crippen LogP) is 0.402. The van der Waals surface area contributed by atoms with E-state index in [1.54, 1.807) is 12.3 Å². The summed E-state index contributed by atoms with van der Waals surface area (Å²) in [7, 11) is 0. The van der Waals surface area contributed by atoms with Crippen molar-refractivity contribution in [1.29, 1.82) is 0 Å². The van der Waals surface area contributed by atoms with Gasteiger partial charge in [-0.2, -0.15) is 5.10 Å². The molecule has 0 aromatic heterocycles. The number of H-pyrrole nitrogens is 1. The molecule has 0 bridgehead atoms. The summed E-state index contributed by atoms with van der Waals surface area (Å²) < 4.78 is 0. The Bertz CT molecular complexity index is 331. The molecular formula is C7H7N3O. The van der Waals surface area contributed by atoms with Crippen molar-refractivity contribution in [3.8, 4) is 11.4 Å². The summed E-state index contributed by atoms with van der Waals surface area (Å²) in [5.74, 6) is 0. The van der Waals surface area contributed by atoms with E-state index in [2.05, 4.69) is 15.2 Å². The molecule has 0 amide bonds. The van der Waals surface area contributed by atoms with Crippen LogP contribution in [0.25, 0.3) is 11.4 Å². The largest absolute Gasteiger partial charge is 0.390 e. The average molecular weight is 149 g/mol. The lowest BCUT2D eigenvalue weighted by molar-refractivity contribution is 0.277. The fourth-order valence-corrected chi connectivity index (χ4v) is 0.975. The van der Waals surface area contributed by atoms with Gasteiger partial charge in [0.2, 0.25) is 0 Å². The number of nitrogens with one attached hydrogen (secondary N) is 1. The summed E-state index contributed by atoms with van der Waals surface area (Å²) in [6.07, 6.45) is 1.63. The molecule has 0 aromatic carbocycles. The Kier molecular flexibility index (Phi) is 1.33. The van der Waals surface area contributed by atoms with Crippen molar-refractivity contribution in [2.45, 2.75) is 6.61 Å². The van der Waals surface area contributed by atoms with Crippen molar-refractivity contribution >= 4 is 0 Å². The first-order chi connectivity index (χ1) is 5.40. The monoisotopic (exact) mass is 149 g/mol. The fourth-order valence-electron chi connectivity index (χ4n) is 0.975. The first-order valence-electron chi connectivity index (χ1n) is 3.30. The van der Waals surface area contributed by atoms with E-state index in [1.165, 1.54) is 0 Å². The van der Waals surface area contributed by atoms with Gasteiger partial charge in [-0.15, -0.1) is 5.10 Å². The smallest absolute Gasteiger partial charge is 0.111 e. The number of aromatic nitrogens is 3. The topological polar surface area (TPSA) is 61.8 Å². The van der Waals surface area contributed by atoms with Gasteiger partial charge in [0.15, 0.2) is 0 Å². The van der Waals surface area contributed by atoms with Crippen molar-refractivity contribution in [2.24, 2.45) is 0 Å². The predicted molar refractivity (Wildman–Crippen MR) is 38.9 cm³/mol. The number of aromatic amines is 1. The van der Waals surface area contributed by atoms with Crippen LogP contribution in [0.1, 0.15) is 5.69 Å². The molecule has 2 rings (SSSR count). The van der Waals surface area contributed by atoms with Gasteiger partial charge >= 0.3 is 0 Å². The molecule has 0 spiro atoms. The van der Waals surface area contributed by atoms with Crippen LogP contribution in [0, 0.1) is 0 Å². The highest BCUT2D eigenvalue weighted by Gasteiger charge is 2.04. The van der Waals surface area contributed by atoms with Crippen LogP contribution in [0.4, 0.5) is 0 Å². The van der Waals surface area contributed by atoms with Gasteiger partial charge in [-0.3, -0.25) is 0 Å². The molecule has 4 nitrogen and oxygen atoms in total. The molecule has 0 aromatic rings. The molecule has 0 saturated carbocycles. The van der Waals surface area contributed by atoms with Crippen LogP contribution < -0.4 is 0 Å². The van der Waals surface area contributed by atoms with E-state index in [0.29, 0.717) is 0 Å². The number of nitrogens with zero attached hydrogens (tertiary/aromatic N) is 2.